The van der Waals surface area contributed by atoms with Crippen LogP contribution in [0.25, 0.3) is 0 Å². The molecule has 6 heteroatoms. The average Bonchev–Trinajstić information content (AvgIpc) is 2.85. The predicted octanol–water partition coefficient (Wildman–Crippen LogP) is 0.384. The molecule has 21 heavy (non-hydrogen) atoms. The van der Waals surface area contributed by atoms with E-state index in [1.807, 2.05) is 18.5 Å². The molecule has 2 atom stereocenters. The van der Waals surface area contributed by atoms with Crippen LogP contribution in [-0.2, 0) is 22.7 Å². The third kappa shape index (κ3) is 3.43. The monoisotopic (exact) mass is 292 g/mol. The number of nitrogens with zero attached hydrogens (tertiary/aromatic N) is 2. The molecule has 0 unspecified atom stereocenters. The molecule has 116 valence electrons. The summed E-state index contributed by atoms with van der Waals surface area (Å²) in [5, 5.41) is 18.2. The highest BCUT2D eigenvalue weighted by Gasteiger charge is 2.31. The van der Waals surface area contributed by atoms with Crippen LogP contribution in [0.4, 0.5) is 0 Å². The fourth-order valence-corrected chi connectivity index (χ4v) is 3.02. The van der Waals surface area contributed by atoms with E-state index < -0.39 is 17.8 Å². The number of aliphatic carboxylic acids is 1. The number of amides is 1. The molecule has 1 heterocycles. The molecule has 1 N–H and O–H groups in total. The Balaban J connectivity index is 1.97. The van der Waals surface area contributed by atoms with Crippen molar-refractivity contribution in [3.05, 3.63) is 17.5 Å². The standard InChI is InChI=1S/C15H23N3O3/c1-3-18-10(2)11(9-17-18)8-16-14(19)12-6-4-5-7-13(12)15(20)21/h9,12-13H,3-8H2,1-2H3,(H,16,19)(H,20,21)/p-1/t12-,13-/m1/s1. The topological polar surface area (TPSA) is 87.0 Å². The smallest absolute Gasteiger partial charge is 0.224 e. The van der Waals surface area contributed by atoms with Gasteiger partial charge in [0.2, 0.25) is 5.91 Å². The summed E-state index contributed by atoms with van der Waals surface area (Å²) >= 11 is 0. The molecule has 1 fully saturated rings. The summed E-state index contributed by atoms with van der Waals surface area (Å²) in [6.45, 7) is 5.15. The maximum absolute atomic E-state index is 12.2. The van der Waals surface area contributed by atoms with Crippen LogP contribution in [0.3, 0.4) is 0 Å². The number of rotatable bonds is 5. The zero-order valence-electron chi connectivity index (χ0n) is 12.6. The number of carbonyl (C=O) groups is 2. The van der Waals surface area contributed by atoms with E-state index in [4.69, 9.17) is 0 Å². The van der Waals surface area contributed by atoms with Gasteiger partial charge in [-0.15, -0.1) is 0 Å². The van der Waals surface area contributed by atoms with E-state index >= 15 is 0 Å². The van der Waals surface area contributed by atoms with Crippen molar-refractivity contribution in [3.8, 4) is 0 Å². The van der Waals surface area contributed by atoms with E-state index in [0.29, 0.717) is 19.4 Å². The maximum atomic E-state index is 12.2. The van der Waals surface area contributed by atoms with Crippen LogP contribution in [0.15, 0.2) is 6.20 Å². The third-order valence-corrected chi connectivity index (χ3v) is 4.36. The molecule has 1 aromatic rings. The van der Waals surface area contributed by atoms with Crippen LogP contribution in [0.5, 0.6) is 0 Å². The van der Waals surface area contributed by atoms with Gasteiger partial charge in [-0.25, -0.2) is 0 Å². The molecular weight excluding hydrogens is 270 g/mol. The van der Waals surface area contributed by atoms with Gasteiger partial charge in [-0.2, -0.15) is 5.10 Å². The van der Waals surface area contributed by atoms with Crippen molar-refractivity contribution >= 4 is 11.9 Å². The fourth-order valence-electron chi connectivity index (χ4n) is 3.02. The molecule has 1 amide bonds. The summed E-state index contributed by atoms with van der Waals surface area (Å²) in [7, 11) is 0. The Morgan fingerprint density at radius 2 is 2.05 bits per heavy atom. The molecule has 1 saturated carbocycles. The molecule has 0 saturated heterocycles. The number of carbonyl (C=O) groups excluding carboxylic acids is 2. The molecule has 0 bridgehead atoms. The number of carboxylic acids is 1. The molecule has 1 aromatic heterocycles. The molecule has 0 aromatic carbocycles. The number of hydrogen-bond donors (Lipinski definition) is 1. The predicted molar refractivity (Wildman–Crippen MR) is 74.9 cm³/mol. The first-order valence-corrected chi connectivity index (χ1v) is 7.54. The van der Waals surface area contributed by atoms with Crippen LogP contribution in [-0.4, -0.2) is 21.7 Å². The first-order chi connectivity index (χ1) is 10.0. The van der Waals surface area contributed by atoms with Crippen LogP contribution in [0.2, 0.25) is 0 Å². The molecule has 1 aliphatic rings. The van der Waals surface area contributed by atoms with Gasteiger partial charge in [0, 0.05) is 42.2 Å². The van der Waals surface area contributed by atoms with E-state index in [1.165, 1.54) is 0 Å². The summed E-state index contributed by atoms with van der Waals surface area (Å²) in [6.07, 6.45) is 4.65. The summed E-state index contributed by atoms with van der Waals surface area (Å²) in [5.74, 6) is -2.42. The van der Waals surface area contributed by atoms with Gasteiger partial charge in [-0.05, 0) is 26.7 Å². The van der Waals surface area contributed by atoms with Gasteiger partial charge in [0.15, 0.2) is 0 Å². The number of aromatic nitrogens is 2. The quantitative estimate of drug-likeness (QED) is 0.850. The zero-order chi connectivity index (χ0) is 15.4. The Kier molecular flexibility index (Phi) is 4.98. The van der Waals surface area contributed by atoms with Crippen molar-refractivity contribution in [2.24, 2.45) is 11.8 Å². The average molecular weight is 292 g/mol. The Labute approximate surface area is 124 Å². The van der Waals surface area contributed by atoms with Crippen LogP contribution in [0.1, 0.15) is 43.9 Å². The number of aryl methyl sites for hydroxylation is 1. The van der Waals surface area contributed by atoms with Crippen molar-refractivity contribution < 1.29 is 14.7 Å². The van der Waals surface area contributed by atoms with Gasteiger partial charge in [-0.1, -0.05) is 12.8 Å². The Hall–Kier alpha value is -1.85. The van der Waals surface area contributed by atoms with E-state index in [1.54, 1.807) is 6.20 Å². The minimum absolute atomic E-state index is 0.187. The molecule has 1 aliphatic carbocycles. The van der Waals surface area contributed by atoms with E-state index in [2.05, 4.69) is 10.4 Å². The summed E-state index contributed by atoms with van der Waals surface area (Å²) in [5.41, 5.74) is 1.99. The van der Waals surface area contributed by atoms with Gasteiger partial charge < -0.3 is 15.2 Å². The third-order valence-electron chi connectivity index (χ3n) is 4.36. The number of carboxylic acid groups (broad SMARTS) is 1. The Morgan fingerprint density at radius 1 is 1.38 bits per heavy atom. The fraction of sp³-hybridized carbons (Fsp3) is 0.667. The highest BCUT2D eigenvalue weighted by molar-refractivity contribution is 5.84. The molecule has 2 rings (SSSR count). The van der Waals surface area contributed by atoms with Gasteiger partial charge in [-0.3, -0.25) is 9.48 Å². The minimum atomic E-state index is -1.11. The Morgan fingerprint density at radius 3 is 2.62 bits per heavy atom. The van der Waals surface area contributed by atoms with Crippen molar-refractivity contribution in [2.75, 3.05) is 0 Å². The lowest BCUT2D eigenvalue weighted by atomic mass is 9.78. The van der Waals surface area contributed by atoms with Crippen molar-refractivity contribution in [2.45, 2.75) is 52.6 Å². The molecular formula is C15H22N3O3-. The molecule has 0 radical (unpaired) electrons. The second kappa shape index (κ2) is 6.74. The largest absolute Gasteiger partial charge is 0.550 e. The van der Waals surface area contributed by atoms with Gasteiger partial charge in [0.05, 0.1) is 6.20 Å². The first-order valence-electron chi connectivity index (χ1n) is 7.54. The second-order valence-corrected chi connectivity index (χ2v) is 5.61. The molecule has 0 spiro atoms. The van der Waals surface area contributed by atoms with Crippen LogP contribution >= 0.6 is 0 Å². The lowest BCUT2D eigenvalue weighted by molar-refractivity contribution is -0.314. The normalized spacial score (nSPS) is 22.0. The SMILES string of the molecule is CCn1ncc(CNC(=O)[C@@H]2CCCC[C@H]2C(=O)[O-])c1C. The van der Waals surface area contributed by atoms with E-state index in [9.17, 15) is 14.7 Å². The summed E-state index contributed by atoms with van der Waals surface area (Å²) in [4.78, 5) is 23.4. The Bertz CT molecular complexity index is 524. The van der Waals surface area contributed by atoms with Crippen LogP contribution < -0.4 is 10.4 Å². The van der Waals surface area contributed by atoms with Crippen molar-refractivity contribution in [3.63, 3.8) is 0 Å². The highest BCUT2D eigenvalue weighted by Crippen LogP contribution is 2.29. The van der Waals surface area contributed by atoms with Crippen molar-refractivity contribution in [1.82, 2.24) is 15.1 Å². The van der Waals surface area contributed by atoms with E-state index in [-0.39, 0.29) is 5.91 Å². The van der Waals surface area contributed by atoms with Gasteiger partial charge in [0.25, 0.3) is 0 Å². The summed E-state index contributed by atoms with van der Waals surface area (Å²) < 4.78 is 1.87. The molecule has 6 nitrogen and oxygen atoms in total. The first kappa shape index (κ1) is 15.5. The highest BCUT2D eigenvalue weighted by atomic mass is 16.4. The summed E-state index contributed by atoms with van der Waals surface area (Å²) in [6, 6.07) is 0. The van der Waals surface area contributed by atoms with Crippen molar-refractivity contribution in [1.29, 1.82) is 0 Å². The maximum Gasteiger partial charge on any atom is 0.224 e. The lowest BCUT2D eigenvalue weighted by Gasteiger charge is -2.31. The zero-order valence-corrected chi connectivity index (χ0v) is 12.6. The second-order valence-electron chi connectivity index (χ2n) is 5.61. The minimum Gasteiger partial charge on any atom is -0.550 e. The van der Waals surface area contributed by atoms with E-state index in [0.717, 1.165) is 30.6 Å². The van der Waals surface area contributed by atoms with Crippen LogP contribution in [0, 0.1) is 18.8 Å². The molecule has 0 aliphatic heterocycles. The lowest BCUT2D eigenvalue weighted by Crippen LogP contribution is -2.44. The van der Waals surface area contributed by atoms with Gasteiger partial charge in [0.1, 0.15) is 0 Å². The van der Waals surface area contributed by atoms with Gasteiger partial charge >= 0.3 is 0 Å². The number of hydrogen-bond acceptors (Lipinski definition) is 4. The number of nitrogens with one attached hydrogen (secondary N) is 1.